The normalized spacial score (nSPS) is 8.00. The molecule has 0 rings (SSSR count). The summed E-state index contributed by atoms with van der Waals surface area (Å²) in [5.41, 5.74) is 0. The highest BCUT2D eigenvalue weighted by atomic mass is 16.4. The number of Topliss-reactive ketones (excluding diaryl/α,β-unsaturated/α-hetero) is 1. The number of carboxylic acid groups (broad SMARTS) is 1. The first-order valence-electron chi connectivity index (χ1n) is 2.05. The molecule has 0 saturated heterocycles. The average Bonchev–Trinajstić information content (AvgIpc) is 1.67. The third-order valence-electron chi connectivity index (χ3n) is 0.568. The molecule has 0 fully saturated rings. The Kier molecular flexibility index (Phi) is 2.54. The molecule has 0 aliphatic heterocycles. The van der Waals surface area contributed by atoms with Crippen molar-refractivity contribution in [1.29, 1.82) is 0 Å². The number of hydrogen-bond acceptors (Lipinski definition) is 2. The highest BCUT2D eigenvalue weighted by Crippen LogP contribution is 1.81. The fourth-order valence-corrected chi connectivity index (χ4v) is 0.218. The van der Waals surface area contributed by atoms with Crippen LogP contribution in [0.25, 0.3) is 0 Å². The van der Waals surface area contributed by atoms with Crippen LogP contribution >= 0.6 is 0 Å². The lowest BCUT2D eigenvalue weighted by Crippen LogP contribution is -2.10. The first-order chi connectivity index (χ1) is 3.68. The Morgan fingerprint density at radius 1 is 1.62 bits per heavy atom. The van der Waals surface area contributed by atoms with Crippen LogP contribution in [0.15, 0.2) is 12.7 Å². The van der Waals surface area contributed by atoms with E-state index >= 15 is 0 Å². The van der Waals surface area contributed by atoms with E-state index in [0.29, 0.717) is 0 Å². The maximum absolute atomic E-state index is 10.1. The van der Waals surface area contributed by atoms with Crippen molar-refractivity contribution in [2.45, 2.75) is 6.42 Å². The van der Waals surface area contributed by atoms with Crippen molar-refractivity contribution >= 4 is 11.8 Å². The summed E-state index contributed by atoms with van der Waals surface area (Å²) in [6.07, 6.45) is 1.17. The third kappa shape index (κ3) is 2.12. The zero-order valence-electron chi connectivity index (χ0n) is 4.26. The lowest BCUT2D eigenvalue weighted by Gasteiger charge is -1.82. The van der Waals surface area contributed by atoms with Gasteiger partial charge < -0.3 is 5.11 Å². The van der Waals surface area contributed by atoms with Crippen LogP contribution in [0, 0.1) is 0 Å². The SMILES string of the molecule is C=CCC(=O)C(=O)O. The average molecular weight is 114 g/mol. The van der Waals surface area contributed by atoms with Gasteiger partial charge in [-0.25, -0.2) is 4.79 Å². The fraction of sp³-hybridized carbons (Fsp3) is 0.200. The smallest absolute Gasteiger partial charge is 0.372 e. The summed E-state index contributed by atoms with van der Waals surface area (Å²) in [7, 11) is 0. The highest BCUT2D eigenvalue weighted by Gasteiger charge is 2.06. The lowest BCUT2D eigenvalue weighted by molar-refractivity contribution is -0.148. The Balaban J connectivity index is 3.65. The van der Waals surface area contributed by atoms with E-state index < -0.39 is 11.8 Å². The molecule has 0 aliphatic carbocycles. The second-order valence-electron chi connectivity index (χ2n) is 1.22. The van der Waals surface area contributed by atoms with Gasteiger partial charge in [-0.3, -0.25) is 4.79 Å². The second-order valence-corrected chi connectivity index (χ2v) is 1.22. The van der Waals surface area contributed by atoms with Crippen LogP contribution in [0.3, 0.4) is 0 Å². The van der Waals surface area contributed by atoms with Crippen LogP contribution in [0.5, 0.6) is 0 Å². The maximum atomic E-state index is 10.1. The molecule has 0 aliphatic rings. The predicted molar refractivity (Wildman–Crippen MR) is 27.5 cm³/mol. The summed E-state index contributed by atoms with van der Waals surface area (Å²) in [4.78, 5) is 19.8. The van der Waals surface area contributed by atoms with Crippen molar-refractivity contribution in [1.82, 2.24) is 0 Å². The van der Waals surface area contributed by atoms with Crippen LogP contribution in [0.2, 0.25) is 0 Å². The van der Waals surface area contributed by atoms with Crippen LogP contribution in [0.4, 0.5) is 0 Å². The minimum Gasteiger partial charge on any atom is -0.475 e. The van der Waals surface area contributed by atoms with E-state index in [9.17, 15) is 9.59 Å². The molecule has 0 unspecified atom stereocenters. The Hall–Kier alpha value is -1.12. The van der Waals surface area contributed by atoms with Gasteiger partial charge in [0.15, 0.2) is 0 Å². The van der Waals surface area contributed by atoms with Crippen LogP contribution in [-0.2, 0) is 9.59 Å². The number of carbonyl (C=O) groups is 2. The number of ketones is 1. The van der Waals surface area contributed by atoms with Crippen molar-refractivity contribution in [3.8, 4) is 0 Å². The van der Waals surface area contributed by atoms with E-state index in [1.165, 1.54) is 6.08 Å². The fourth-order valence-electron chi connectivity index (χ4n) is 0.218. The first-order valence-corrected chi connectivity index (χ1v) is 2.05. The van der Waals surface area contributed by atoms with Gasteiger partial charge >= 0.3 is 5.97 Å². The number of carbonyl (C=O) groups excluding carboxylic acids is 1. The van der Waals surface area contributed by atoms with Gasteiger partial charge in [-0.2, -0.15) is 0 Å². The van der Waals surface area contributed by atoms with Crippen molar-refractivity contribution in [3.63, 3.8) is 0 Å². The molecule has 0 radical (unpaired) electrons. The minimum absolute atomic E-state index is 0.0880. The Morgan fingerprint density at radius 3 is 2.25 bits per heavy atom. The van der Waals surface area contributed by atoms with Crippen molar-refractivity contribution in [2.24, 2.45) is 0 Å². The second kappa shape index (κ2) is 2.96. The molecule has 1 N–H and O–H groups in total. The summed E-state index contributed by atoms with van der Waals surface area (Å²) in [6, 6.07) is 0. The first kappa shape index (κ1) is 6.88. The molecule has 0 saturated carbocycles. The van der Waals surface area contributed by atoms with Gasteiger partial charge in [-0.15, -0.1) is 6.58 Å². The van der Waals surface area contributed by atoms with E-state index in [0.717, 1.165) is 0 Å². The Labute approximate surface area is 46.6 Å². The molecule has 3 nitrogen and oxygen atoms in total. The molecular weight excluding hydrogens is 108 g/mol. The molecule has 0 atom stereocenters. The van der Waals surface area contributed by atoms with Gasteiger partial charge in [0.25, 0.3) is 0 Å². The van der Waals surface area contributed by atoms with Crippen LogP contribution < -0.4 is 0 Å². The lowest BCUT2D eigenvalue weighted by atomic mass is 10.3. The molecular formula is C5H6O3. The van der Waals surface area contributed by atoms with Crippen molar-refractivity contribution < 1.29 is 14.7 Å². The van der Waals surface area contributed by atoms with Crippen LogP contribution in [-0.4, -0.2) is 16.9 Å². The topological polar surface area (TPSA) is 54.4 Å². The molecule has 0 heterocycles. The summed E-state index contributed by atoms with van der Waals surface area (Å²) >= 11 is 0. The quantitative estimate of drug-likeness (QED) is 0.421. The molecule has 3 heteroatoms. The number of allylic oxidation sites excluding steroid dienone is 1. The number of hydrogen-bond donors (Lipinski definition) is 1. The summed E-state index contributed by atoms with van der Waals surface area (Å²) in [5, 5.41) is 7.92. The Bertz CT molecular complexity index is 126. The van der Waals surface area contributed by atoms with Crippen LogP contribution in [0.1, 0.15) is 6.42 Å². The van der Waals surface area contributed by atoms with Gasteiger partial charge in [-0.1, -0.05) is 6.08 Å². The number of aliphatic carboxylic acids is 1. The zero-order valence-corrected chi connectivity index (χ0v) is 4.26. The molecule has 8 heavy (non-hydrogen) atoms. The summed E-state index contributed by atoms with van der Waals surface area (Å²) in [5.74, 6) is -2.22. The maximum Gasteiger partial charge on any atom is 0.372 e. The van der Waals surface area contributed by atoms with Crippen molar-refractivity contribution in [2.75, 3.05) is 0 Å². The molecule has 0 amide bonds. The van der Waals surface area contributed by atoms with E-state index in [2.05, 4.69) is 6.58 Å². The highest BCUT2D eigenvalue weighted by molar-refractivity contribution is 6.32. The number of rotatable bonds is 3. The number of carboxylic acids is 1. The largest absolute Gasteiger partial charge is 0.475 e. The molecule has 0 aromatic carbocycles. The Morgan fingerprint density at radius 2 is 2.12 bits per heavy atom. The standard InChI is InChI=1S/C5H6O3/c1-2-3-4(6)5(7)8/h2H,1,3H2,(H,7,8). The predicted octanol–water partition coefficient (Wildman–Crippen LogP) is 0.216. The van der Waals surface area contributed by atoms with E-state index in [1.807, 2.05) is 0 Å². The van der Waals surface area contributed by atoms with Gasteiger partial charge in [0.1, 0.15) is 0 Å². The molecule has 0 aromatic heterocycles. The molecule has 0 bridgehead atoms. The van der Waals surface area contributed by atoms with E-state index in [1.54, 1.807) is 0 Å². The molecule has 0 spiro atoms. The monoisotopic (exact) mass is 114 g/mol. The zero-order chi connectivity index (χ0) is 6.57. The molecule has 44 valence electrons. The summed E-state index contributed by atoms with van der Waals surface area (Å²) in [6.45, 7) is 3.20. The summed E-state index contributed by atoms with van der Waals surface area (Å²) < 4.78 is 0. The van der Waals surface area contributed by atoms with Crippen molar-refractivity contribution in [3.05, 3.63) is 12.7 Å². The van der Waals surface area contributed by atoms with Gasteiger partial charge in [0, 0.05) is 6.42 Å². The molecule has 0 aromatic rings. The van der Waals surface area contributed by atoms with E-state index in [-0.39, 0.29) is 6.42 Å². The van der Waals surface area contributed by atoms with Gasteiger partial charge in [0.2, 0.25) is 5.78 Å². The van der Waals surface area contributed by atoms with E-state index in [4.69, 9.17) is 5.11 Å². The van der Waals surface area contributed by atoms with Gasteiger partial charge in [-0.05, 0) is 0 Å². The minimum atomic E-state index is -1.40. The third-order valence-corrected chi connectivity index (χ3v) is 0.568. The van der Waals surface area contributed by atoms with Gasteiger partial charge in [0.05, 0.1) is 0 Å².